The number of benzene rings is 2. The molecule has 18 heteroatoms. The van der Waals surface area contributed by atoms with Crippen LogP contribution in [0.1, 0.15) is 62.6 Å². The highest BCUT2D eigenvalue weighted by Gasteiger charge is 2.22. The van der Waals surface area contributed by atoms with Crippen LogP contribution < -0.4 is 10.6 Å². The van der Waals surface area contributed by atoms with E-state index in [0.29, 0.717) is 34.3 Å². The highest BCUT2D eigenvalue weighted by molar-refractivity contribution is 5.84. The Kier molecular flexibility index (Phi) is 11.5. The third-order valence-corrected chi connectivity index (χ3v) is 11.3. The van der Waals surface area contributed by atoms with Gasteiger partial charge in [0.1, 0.15) is 45.7 Å². The first-order valence-corrected chi connectivity index (χ1v) is 21.1. The number of hydrogen-bond donors (Lipinski definition) is 2. The summed E-state index contributed by atoms with van der Waals surface area (Å²) in [5.74, 6) is 0.139. The number of fused-ring (bicyclic) bond motifs is 2. The average molecular weight is 871 g/mol. The van der Waals surface area contributed by atoms with E-state index in [1.54, 1.807) is 24.5 Å². The summed E-state index contributed by atoms with van der Waals surface area (Å²) in [6.45, 7) is 16.5. The van der Waals surface area contributed by atoms with Crippen LogP contribution in [-0.2, 0) is 13.1 Å². The van der Waals surface area contributed by atoms with Gasteiger partial charge in [0.15, 0.2) is 23.3 Å². The number of aromatic nitrogens is 10. The molecule has 0 radical (unpaired) electrons. The van der Waals surface area contributed by atoms with Crippen molar-refractivity contribution in [1.29, 1.82) is 0 Å². The lowest BCUT2D eigenvalue weighted by Crippen LogP contribution is -2.45. The highest BCUT2D eigenvalue weighted by Crippen LogP contribution is 2.32. The molecule has 0 spiro atoms. The van der Waals surface area contributed by atoms with Crippen molar-refractivity contribution in [3.05, 3.63) is 119 Å². The van der Waals surface area contributed by atoms with Crippen molar-refractivity contribution >= 4 is 45.6 Å². The second-order valence-corrected chi connectivity index (χ2v) is 16.6. The summed E-state index contributed by atoms with van der Waals surface area (Å²) in [7, 11) is 0. The summed E-state index contributed by atoms with van der Waals surface area (Å²) in [6.07, 6.45) is 5.71. The number of hydrogen-bond acceptors (Lipinski definition) is 12. The smallest absolute Gasteiger partial charge is 0.229 e. The number of rotatable bonds is 12. The van der Waals surface area contributed by atoms with Crippen LogP contribution in [0.2, 0.25) is 0 Å². The predicted octanol–water partition coefficient (Wildman–Crippen LogP) is 9.23. The number of nitrogens with zero attached hydrogens (tertiary/aromatic N) is 12. The first kappa shape index (κ1) is 42.4. The monoisotopic (exact) mass is 870 g/mol. The molecule has 8 aromatic rings. The molecule has 2 aromatic carbocycles. The van der Waals surface area contributed by atoms with E-state index in [1.165, 1.54) is 12.1 Å². The van der Waals surface area contributed by atoms with Crippen LogP contribution >= 0.6 is 0 Å². The average Bonchev–Trinajstić information content (AvgIpc) is 3.80. The molecule has 0 bridgehead atoms. The molecule has 328 valence electrons. The zero-order valence-electron chi connectivity index (χ0n) is 36.2. The Morgan fingerprint density at radius 3 is 1.28 bits per heavy atom. The van der Waals surface area contributed by atoms with Gasteiger partial charge in [-0.2, -0.15) is 0 Å². The fourth-order valence-corrected chi connectivity index (χ4v) is 8.41. The summed E-state index contributed by atoms with van der Waals surface area (Å²) in [5.41, 5.74) is 4.18. The van der Waals surface area contributed by atoms with E-state index in [9.17, 15) is 0 Å². The van der Waals surface area contributed by atoms with Gasteiger partial charge in [-0.25, -0.2) is 57.4 Å². The van der Waals surface area contributed by atoms with Gasteiger partial charge in [0.05, 0.1) is 23.4 Å². The minimum Gasteiger partial charge on any atom is -0.326 e. The maximum Gasteiger partial charge on any atom is 0.229 e. The predicted molar refractivity (Wildman–Crippen MR) is 237 cm³/mol. The van der Waals surface area contributed by atoms with Crippen LogP contribution in [-0.4, -0.2) is 85.0 Å². The lowest BCUT2D eigenvalue weighted by Gasteiger charge is -2.34. The Bertz CT molecular complexity index is 2790. The molecule has 14 nitrogen and oxygen atoms in total. The summed E-state index contributed by atoms with van der Waals surface area (Å²) in [4.78, 5) is 39.6. The Labute approximate surface area is 366 Å². The van der Waals surface area contributed by atoms with E-state index in [0.717, 1.165) is 62.8 Å². The molecule has 9 rings (SSSR count). The van der Waals surface area contributed by atoms with Gasteiger partial charge in [-0.3, -0.25) is 9.80 Å². The zero-order chi connectivity index (χ0) is 44.8. The molecule has 2 N–H and O–H groups in total. The molecule has 0 atom stereocenters. The zero-order valence-corrected chi connectivity index (χ0v) is 36.2. The lowest BCUT2D eigenvalue weighted by molar-refractivity contribution is 0.122. The molecule has 1 saturated heterocycles. The molecule has 0 saturated carbocycles. The Hall–Kier alpha value is -6.92. The molecule has 0 aliphatic carbocycles. The first-order chi connectivity index (χ1) is 30.8. The highest BCUT2D eigenvalue weighted by atomic mass is 19.1. The fourth-order valence-electron chi connectivity index (χ4n) is 8.41. The van der Waals surface area contributed by atoms with Gasteiger partial charge in [-0.05, 0) is 89.1 Å². The number of piperazine rings is 1. The van der Waals surface area contributed by atoms with Gasteiger partial charge in [-0.1, -0.05) is 12.1 Å². The van der Waals surface area contributed by atoms with Crippen LogP contribution in [0, 0.1) is 37.1 Å². The van der Waals surface area contributed by atoms with Crippen LogP contribution in [0.3, 0.4) is 0 Å². The normalized spacial score (nSPS) is 13.8. The van der Waals surface area contributed by atoms with Gasteiger partial charge in [-0.15, -0.1) is 0 Å². The summed E-state index contributed by atoms with van der Waals surface area (Å²) in [5, 5.41) is 6.10. The number of imidazole rings is 2. The van der Waals surface area contributed by atoms with E-state index in [1.807, 2.05) is 74.9 Å². The number of anilines is 4. The van der Waals surface area contributed by atoms with Crippen LogP contribution in [0.15, 0.2) is 73.3 Å². The van der Waals surface area contributed by atoms with E-state index < -0.39 is 23.3 Å². The number of nitrogens with one attached hydrogen (secondary N) is 2. The number of pyridine rings is 2. The fraction of sp³-hybridized carbons (Fsp3) is 0.304. The van der Waals surface area contributed by atoms with Crippen molar-refractivity contribution in [1.82, 2.24) is 58.8 Å². The third kappa shape index (κ3) is 8.57. The molecule has 6 aromatic heterocycles. The van der Waals surface area contributed by atoms with E-state index in [2.05, 4.69) is 60.3 Å². The summed E-state index contributed by atoms with van der Waals surface area (Å²) >= 11 is 0. The largest absolute Gasteiger partial charge is 0.326 e. The van der Waals surface area contributed by atoms with Crippen molar-refractivity contribution in [2.45, 2.75) is 66.7 Å². The molecule has 64 heavy (non-hydrogen) atoms. The minimum atomic E-state index is -0.673. The van der Waals surface area contributed by atoms with Gasteiger partial charge in [0.25, 0.3) is 0 Å². The molecule has 1 aliphatic heterocycles. The second kappa shape index (κ2) is 17.3. The van der Waals surface area contributed by atoms with E-state index >= 15 is 17.6 Å². The molecule has 0 amide bonds. The maximum absolute atomic E-state index is 15.2. The molecular formula is C46H46F4N14. The quantitative estimate of drug-likeness (QED) is 0.113. The van der Waals surface area contributed by atoms with Gasteiger partial charge in [0.2, 0.25) is 11.9 Å². The number of halogens is 4. The third-order valence-electron chi connectivity index (χ3n) is 11.3. The topological polar surface area (TPSA) is 144 Å². The Balaban J connectivity index is 0.778. The molecule has 7 heterocycles. The number of aryl methyl sites for hydroxylation is 2. The molecule has 1 aliphatic rings. The van der Waals surface area contributed by atoms with E-state index in [-0.39, 0.29) is 57.5 Å². The van der Waals surface area contributed by atoms with Crippen molar-refractivity contribution in [2.24, 2.45) is 0 Å². The van der Waals surface area contributed by atoms with Crippen LogP contribution in [0.5, 0.6) is 0 Å². The van der Waals surface area contributed by atoms with Crippen molar-refractivity contribution in [3.63, 3.8) is 0 Å². The second-order valence-electron chi connectivity index (χ2n) is 16.6. The van der Waals surface area contributed by atoms with Crippen molar-refractivity contribution in [3.8, 4) is 22.5 Å². The van der Waals surface area contributed by atoms with Gasteiger partial charge < -0.3 is 19.8 Å². The van der Waals surface area contributed by atoms with Crippen molar-refractivity contribution < 1.29 is 17.6 Å². The SMILES string of the molecule is Cc1nc2c(F)cc(-c3nc(Nc4ccc(CN5CCN(Cc6ccc(Nc7ncc(F)c(-c8cc(F)c9nc(C)n(C(C)C)c9c8)n7)nc6)CC5)cn4)ncc3F)cc2n1C(C)C. The minimum absolute atomic E-state index is 0.0311. The standard InChI is InChI=1S/C46H46F4N14/c1-25(2)63-27(5)55-43-33(47)15-31(17-37(43)63)41-35(49)21-53-45(59-41)57-39-9-7-29(19-51-39)23-61-11-13-62(14-12-61)24-30-8-10-40(52-20-30)58-46-54-22-36(50)42(60-46)32-16-34(48)44-38(18-32)64(26(3)4)28(6)56-44/h7-10,15-22,25-26H,11-14,23-24H2,1-6H3,(H,51,53,57,59)(H,52,54,58,60). The van der Waals surface area contributed by atoms with Crippen LogP contribution in [0.4, 0.5) is 41.1 Å². The summed E-state index contributed by atoms with van der Waals surface area (Å²) < 4.78 is 64.3. The molecule has 0 unspecified atom stereocenters. The lowest BCUT2D eigenvalue weighted by atomic mass is 10.1. The Morgan fingerprint density at radius 1 is 0.516 bits per heavy atom. The van der Waals surface area contributed by atoms with Crippen molar-refractivity contribution in [2.75, 3.05) is 36.8 Å². The Morgan fingerprint density at radius 2 is 0.922 bits per heavy atom. The summed E-state index contributed by atoms with van der Waals surface area (Å²) in [6, 6.07) is 13.6. The maximum atomic E-state index is 15.2. The molecular weight excluding hydrogens is 825 g/mol. The molecule has 1 fully saturated rings. The van der Waals surface area contributed by atoms with Gasteiger partial charge in [0, 0.05) is 74.9 Å². The first-order valence-electron chi connectivity index (χ1n) is 21.1. The van der Waals surface area contributed by atoms with Gasteiger partial charge >= 0.3 is 0 Å². The van der Waals surface area contributed by atoms with E-state index in [4.69, 9.17) is 0 Å². The van der Waals surface area contributed by atoms with Crippen LogP contribution in [0.25, 0.3) is 44.6 Å².